The summed E-state index contributed by atoms with van der Waals surface area (Å²) in [6.45, 7) is 14.1. The first kappa shape index (κ1) is 26.6. The van der Waals surface area contributed by atoms with E-state index in [-0.39, 0.29) is 24.0 Å². The smallest absolute Gasteiger partial charge is 0.341 e. The third-order valence-electron chi connectivity index (χ3n) is 6.70. The van der Waals surface area contributed by atoms with Gasteiger partial charge in [0, 0.05) is 5.57 Å². The zero-order valence-corrected chi connectivity index (χ0v) is 20.6. The average molecular weight is 493 g/mol. The van der Waals surface area contributed by atoms with E-state index in [1.165, 1.54) is 13.0 Å². The Labute approximate surface area is 203 Å². The number of epoxide rings is 1. The second-order valence-corrected chi connectivity index (χ2v) is 9.46. The van der Waals surface area contributed by atoms with Gasteiger partial charge in [0.05, 0.1) is 30.6 Å². The molecule has 192 valence electrons. The van der Waals surface area contributed by atoms with Crippen molar-refractivity contribution in [3.05, 3.63) is 36.0 Å². The molecular formula is C25H32O10. The summed E-state index contributed by atoms with van der Waals surface area (Å²) in [5.41, 5.74) is -1.10. The van der Waals surface area contributed by atoms with Crippen molar-refractivity contribution in [1.82, 2.24) is 0 Å². The molecule has 1 N–H and O–H groups in total. The number of hydrogen-bond donors (Lipinski definition) is 1. The molecule has 7 atom stereocenters. The molecule has 2 aliphatic heterocycles. The maximum Gasteiger partial charge on any atom is 0.341 e. The highest BCUT2D eigenvalue weighted by atomic mass is 16.7. The summed E-state index contributed by atoms with van der Waals surface area (Å²) < 4.78 is 27.2. The molecule has 10 nitrogen and oxygen atoms in total. The molecule has 10 heteroatoms. The molecule has 7 unspecified atom stereocenters. The van der Waals surface area contributed by atoms with Crippen LogP contribution in [0.2, 0.25) is 0 Å². The molecule has 3 aliphatic rings. The van der Waals surface area contributed by atoms with E-state index >= 15 is 0 Å². The van der Waals surface area contributed by atoms with E-state index in [0.29, 0.717) is 5.57 Å². The number of allylic oxidation sites excluding steroid dienone is 1. The molecule has 0 saturated carbocycles. The molecule has 2 saturated heterocycles. The SMILES string of the molecule is C=C1CCC=C(C(=O)OC)C(OC(=O)C2(C)OC2C)C(OC(=O)C(C)C)C2C(=C)C(=O)OC2C1O. The van der Waals surface area contributed by atoms with Crippen molar-refractivity contribution < 1.29 is 48.0 Å². The number of rotatable bonds is 5. The highest BCUT2D eigenvalue weighted by molar-refractivity contribution is 5.93. The van der Waals surface area contributed by atoms with Crippen LogP contribution in [0.5, 0.6) is 0 Å². The predicted octanol–water partition coefficient (Wildman–Crippen LogP) is 1.55. The maximum atomic E-state index is 13.1. The lowest BCUT2D eigenvalue weighted by Gasteiger charge is -2.36. The second kappa shape index (κ2) is 9.94. The number of fused-ring (bicyclic) bond motifs is 1. The lowest BCUT2D eigenvalue weighted by atomic mass is 9.80. The Bertz CT molecular complexity index is 979. The minimum absolute atomic E-state index is 0.0885. The fourth-order valence-electron chi connectivity index (χ4n) is 4.16. The van der Waals surface area contributed by atoms with Gasteiger partial charge in [0.1, 0.15) is 12.2 Å². The van der Waals surface area contributed by atoms with Gasteiger partial charge >= 0.3 is 23.9 Å². The minimum atomic E-state index is -1.50. The molecule has 2 fully saturated rings. The molecule has 3 rings (SSSR count). The van der Waals surface area contributed by atoms with Crippen LogP contribution in [0, 0.1) is 11.8 Å². The summed E-state index contributed by atoms with van der Waals surface area (Å²) in [7, 11) is 1.16. The van der Waals surface area contributed by atoms with Gasteiger partial charge < -0.3 is 28.8 Å². The van der Waals surface area contributed by atoms with Crippen molar-refractivity contribution in [2.24, 2.45) is 11.8 Å². The van der Waals surface area contributed by atoms with Crippen molar-refractivity contribution >= 4 is 23.9 Å². The van der Waals surface area contributed by atoms with Crippen LogP contribution in [0.25, 0.3) is 0 Å². The normalized spacial score (nSPS) is 34.9. The molecule has 0 aromatic carbocycles. The summed E-state index contributed by atoms with van der Waals surface area (Å²) >= 11 is 0. The van der Waals surface area contributed by atoms with Crippen LogP contribution >= 0.6 is 0 Å². The Morgan fingerprint density at radius 1 is 1.23 bits per heavy atom. The van der Waals surface area contributed by atoms with Crippen molar-refractivity contribution in [1.29, 1.82) is 0 Å². The number of ether oxygens (including phenoxy) is 5. The Kier molecular flexibility index (Phi) is 7.56. The van der Waals surface area contributed by atoms with Gasteiger partial charge in [-0.1, -0.05) is 33.1 Å². The van der Waals surface area contributed by atoms with Crippen LogP contribution in [0.1, 0.15) is 40.5 Å². The van der Waals surface area contributed by atoms with Crippen LogP contribution in [0.15, 0.2) is 36.0 Å². The summed E-state index contributed by atoms with van der Waals surface area (Å²) in [6, 6.07) is 0. The monoisotopic (exact) mass is 492 g/mol. The first-order valence-electron chi connectivity index (χ1n) is 11.5. The largest absolute Gasteiger partial charge is 0.466 e. The highest BCUT2D eigenvalue weighted by Gasteiger charge is 2.60. The van der Waals surface area contributed by atoms with E-state index in [4.69, 9.17) is 23.7 Å². The maximum absolute atomic E-state index is 13.1. The standard InChI is InChI=1S/C25H32O10/c1-11(2)21(27)33-20-16-13(4)22(28)32-19(16)17(26)12(3)9-8-10-15(23(29)31-7)18(20)34-24(30)25(6)14(5)35-25/h10-11,14,16-20,26H,3-4,8-9H2,1-2,5-7H3. The van der Waals surface area contributed by atoms with Gasteiger partial charge in [0.25, 0.3) is 0 Å². The van der Waals surface area contributed by atoms with Gasteiger partial charge in [-0.15, -0.1) is 0 Å². The lowest BCUT2D eigenvalue weighted by molar-refractivity contribution is -0.178. The molecule has 35 heavy (non-hydrogen) atoms. The Balaban J connectivity index is 2.18. The van der Waals surface area contributed by atoms with Gasteiger partial charge in [-0.25, -0.2) is 14.4 Å². The zero-order valence-electron chi connectivity index (χ0n) is 20.6. The minimum Gasteiger partial charge on any atom is -0.466 e. The van der Waals surface area contributed by atoms with E-state index in [0.717, 1.165) is 7.11 Å². The number of methoxy groups -OCH3 is 1. The first-order valence-corrected chi connectivity index (χ1v) is 11.5. The topological polar surface area (TPSA) is 138 Å². The van der Waals surface area contributed by atoms with E-state index in [2.05, 4.69) is 13.2 Å². The summed E-state index contributed by atoms with van der Waals surface area (Å²) in [5, 5.41) is 10.9. The lowest BCUT2D eigenvalue weighted by Crippen LogP contribution is -2.50. The number of carbonyl (C=O) groups is 4. The second-order valence-electron chi connectivity index (χ2n) is 9.46. The molecule has 0 radical (unpaired) electrons. The van der Waals surface area contributed by atoms with E-state index in [9.17, 15) is 24.3 Å². The fourth-order valence-corrected chi connectivity index (χ4v) is 4.16. The Morgan fingerprint density at radius 3 is 2.40 bits per heavy atom. The molecular weight excluding hydrogens is 460 g/mol. The summed E-state index contributed by atoms with van der Waals surface area (Å²) in [6.07, 6.45) is -3.96. The van der Waals surface area contributed by atoms with Crippen LogP contribution < -0.4 is 0 Å². The van der Waals surface area contributed by atoms with Crippen molar-refractivity contribution in [2.75, 3.05) is 7.11 Å². The van der Waals surface area contributed by atoms with Crippen LogP contribution in [0.4, 0.5) is 0 Å². The van der Waals surface area contributed by atoms with Crippen molar-refractivity contribution in [2.45, 2.75) is 76.7 Å². The van der Waals surface area contributed by atoms with Crippen LogP contribution in [0.3, 0.4) is 0 Å². The average Bonchev–Trinajstić information content (AvgIpc) is 3.33. The number of carbonyl (C=O) groups excluding carboxylic acids is 4. The van der Waals surface area contributed by atoms with Gasteiger partial charge in [-0.3, -0.25) is 4.79 Å². The third-order valence-corrected chi connectivity index (χ3v) is 6.70. The summed E-state index contributed by atoms with van der Waals surface area (Å²) in [5.74, 6) is -4.84. The third kappa shape index (κ3) is 5.04. The number of aliphatic hydroxyl groups excluding tert-OH is 1. The Hall–Kier alpha value is -2.98. The molecule has 1 aliphatic carbocycles. The van der Waals surface area contributed by atoms with E-state index in [1.54, 1.807) is 20.8 Å². The van der Waals surface area contributed by atoms with Gasteiger partial charge in [0.2, 0.25) is 0 Å². The number of hydrogen-bond acceptors (Lipinski definition) is 10. The predicted molar refractivity (Wildman–Crippen MR) is 121 cm³/mol. The molecule has 0 spiro atoms. The molecule has 0 amide bonds. The van der Waals surface area contributed by atoms with Crippen molar-refractivity contribution in [3.8, 4) is 0 Å². The fraction of sp³-hybridized carbons (Fsp3) is 0.600. The number of esters is 4. The number of aliphatic hydroxyl groups is 1. The van der Waals surface area contributed by atoms with Crippen LogP contribution in [-0.4, -0.2) is 72.2 Å². The van der Waals surface area contributed by atoms with Crippen molar-refractivity contribution in [3.63, 3.8) is 0 Å². The molecule has 0 bridgehead atoms. The molecule has 0 aromatic rings. The van der Waals surface area contributed by atoms with E-state index < -0.39 is 71.8 Å². The zero-order chi connectivity index (χ0) is 26.2. The van der Waals surface area contributed by atoms with Gasteiger partial charge in [0.15, 0.2) is 17.8 Å². The van der Waals surface area contributed by atoms with Crippen LogP contribution in [-0.2, 0) is 42.9 Å². The van der Waals surface area contributed by atoms with Gasteiger partial charge in [-0.2, -0.15) is 0 Å². The highest BCUT2D eigenvalue weighted by Crippen LogP contribution is 2.42. The summed E-state index contributed by atoms with van der Waals surface area (Å²) in [4.78, 5) is 51.2. The van der Waals surface area contributed by atoms with E-state index in [1.807, 2.05) is 0 Å². The molecule has 2 heterocycles. The van der Waals surface area contributed by atoms with Gasteiger partial charge in [-0.05, 0) is 32.3 Å². The Morgan fingerprint density at radius 2 is 1.86 bits per heavy atom. The quantitative estimate of drug-likeness (QED) is 0.198. The first-order chi connectivity index (χ1) is 16.3. The molecule has 0 aromatic heterocycles.